The van der Waals surface area contributed by atoms with Gasteiger partial charge in [-0.1, -0.05) is 19.6 Å². The average Bonchev–Trinajstić information content (AvgIpc) is 1.81. The molecule has 0 spiro atoms. The highest BCUT2D eigenvalue weighted by atomic mass is 28.3. The van der Waals surface area contributed by atoms with E-state index in [1.807, 2.05) is 0 Å². The van der Waals surface area contributed by atoms with E-state index in [-0.39, 0.29) is 5.97 Å². The van der Waals surface area contributed by atoms with Crippen molar-refractivity contribution in [1.29, 1.82) is 0 Å². The Labute approximate surface area is 63.6 Å². The first-order valence-electron chi connectivity index (χ1n) is 3.52. The number of carbonyl (C=O) groups is 1. The summed E-state index contributed by atoms with van der Waals surface area (Å²) in [5.41, 5.74) is 0. The van der Waals surface area contributed by atoms with Crippen molar-refractivity contribution in [2.75, 3.05) is 7.11 Å². The number of hydrogen-bond acceptors (Lipinski definition) is 2. The Hall–Kier alpha value is -0.313. The van der Waals surface area contributed by atoms with Crippen molar-refractivity contribution in [1.82, 2.24) is 0 Å². The number of esters is 1. The quantitative estimate of drug-likeness (QED) is 0.465. The molecule has 0 aromatic heterocycles. The van der Waals surface area contributed by atoms with Crippen molar-refractivity contribution in [3.8, 4) is 0 Å². The van der Waals surface area contributed by atoms with E-state index >= 15 is 0 Å². The van der Waals surface area contributed by atoms with Crippen LogP contribution < -0.4 is 0 Å². The highest BCUT2D eigenvalue weighted by Crippen LogP contribution is 2.10. The smallest absolute Gasteiger partial charge is 0.305 e. The molecule has 10 heavy (non-hydrogen) atoms. The molecule has 0 saturated carbocycles. The summed E-state index contributed by atoms with van der Waals surface area (Å²) in [7, 11) is 0.400. The van der Waals surface area contributed by atoms with Gasteiger partial charge < -0.3 is 4.74 Å². The zero-order valence-corrected chi connectivity index (χ0v) is 8.23. The number of hydrogen-bond donors (Lipinski definition) is 0. The van der Waals surface area contributed by atoms with E-state index in [9.17, 15) is 4.79 Å². The fraction of sp³-hybridized carbons (Fsp3) is 0.857. The second-order valence-corrected chi connectivity index (χ2v) is 9.26. The summed E-state index contributed by atoms with van der Waals surface area (Å²) in [5.74, 6) is -0.0811. The van der Waals surface area contributed by atoms with E-state index < -0.39 is 8.07 Å². The molecule has 0 atom stereocenters. The summed E-state index contributed by atoms with van der Waals surface area (Å²) in [4.78, 5) is 10.7. The van der Waals surface area contributed by atoms with Crippen LogP contribution in [0.25, 0.3) is 0 Å². The summed E-state index contributed by atoms with van der Waals surface area (Å²) in [6, 6.07) is 1.03. The molecule has 0 N–H and O–H groups in total. The van der Waals surface area contributed by atoms with E-state index in [1.165, 1.54) is 7.11 Å². The van der Waals surface area contributed by atoms with Crippen LogP contribution in [0.15, 0.2) is 0 Å². The monoisotopic (exact) mass is 160 g/mol. The van der Waals surface area contributed by atoms with Gasteiger partial charge in [0.25, 0.3) is 0 Å². The van der Waals surface area contributed by atoms with Gasteiger partial charge in [-0.05, 0) is 6.04 Å². The van der Waals surface area contributed by atoms with Crippen molar-refractivity contribution in [2.45, 2.75) is 32.1 Å². The van der Waals surface area contributed by atoms with Gasteiger partial charge in [0.1, 0.15) is 0 Å². The largest absolute Gasteiger partial charge is 0.469 e. The second-order valence-electron chi connectivity index (χ2n) is 3.64. The Morgan fingerprint density at radius 2 is 1.90 bits per heavy atom. The third-order valence-corrected chi connectivity index (χ3v) is 3.06. The lowest BCUT2D eigenvalue weighted by Gasteiger charge is -2.13. The molecule has 0 heterocycles. The van der Waals surface area contributed by atoms with Crippen LogP contribution in [0.4, 0.5) is 0 Å². The van der Waals surface area contributed by atoms with Crippen molar-refractivity contribution >= 4 is 14.0 Å². The van der Waals surface area contributed by atoms with Crippen LogP contribution >= 0.6 is 0 Å². The molecule has 2 nitrogen and oxygen atoms in total. The van der Waals surface area contributed by atoms with E-state index in [4.69, 9.17) is 0 Å². The maximum Gasteiger partial charge on any atom is 0.305 e. The average molecular weight is 160 g/mol. The third kappa shape index (κ3) is 5.82. The van der Waals surface area contributed by atoms with E-state index in [2.05, 4.69) is 24.4 Å². The highest BCUT2D eigenvalue weighted by molar-refractivity contribution is 6.76. The normalized spacial score (nSPS) is 11.2. The minimum absolute atomic E-state index is 0.0811. The third-order valence-electron chi connectivity index (χ3n) is 1.31. The van der Waals surface area contributed by atoms with E-state index in [1.54, 1.807) is 0 Å². The van der Waals surface area contributed by atoms with Crippen LogP contribution in [0, 0.1) is 0 Å². The Bertz CT molecular complexity index is 115. The van der Waals surface area contributed by atoms with Crippen molar-refractivity contribution in [3.63, 3.8) is 0 Å². The van der Waals surface area contributed by atoms with Gasteiger partial charge in [-0.15, -0.1) is 0 Å². The molecule has 0 amide bonds. The Morgan fingerprint density at radius 3 is 2.20 bits per heavy atom. The number of rotatable bonds is 3. The van der Waals surface area contributed by atoms with Gasteiger partial charge in [0.2, 0.25) is 0 Å². The molecule has 3 heteroatoms. The fourth-order valence-electron chi connectivity index (χ4n) is 0.579. The minimum atomic E-state index is -1.04. The van der Waals surface area contributed by atoms with E-state index in [0.29, 0.717) is 6.42 Å². The first-order chi connectivity index (χ1) is 4.45. The standard InChI is InChI=1S/C7H16O2Si/c1-9-7(8)5-6-10(2,3)4/h5-6H2,1-4H3. The predicted molar refractivity (Wildman–Crippen MR) is 44.8 cm³/mol. The zero-order chi connectivity index (χ0) is 8.20. The van der Waals surface area contributed by atoms with Gasteiger partial charge in [-0.3, -0.25) is 4.79 Å². The number of ether oxygens (including phenoxy) is 1. The van der Waals surface area contributed by atoms with Gasteiger partial charge in [-0.25, -0.2) is 0 Å². The zero-order valence-electron chi connectivity index (χ0n) is 7.23. The minimum Gasteiger partial charge on any atom is -0.469 e. The highest BCUT2D eigenvalue weighted by Gasteiger charge is 2.14. The molecule has 0 aromatic rings. The molecule has 0 aromatic carbocycles. The van der Waals surface area contributed by atoms with Gasteiger partial charge >= 0.3 is 5.97 Å². The van der Waals surface area contributed by atoms with Crippen molar-refractivity contribution < 1.29 is 9.53 Å². The topological polar surface area (TPSA) is 26.3 Å². The SMILES string of the molecule is COC(=O)CC[Si](C)(C)C. The summed E-state index contributed by atoms with van der Waals surface area (Å²) in [6.45, 7) is 6.74. The first-order valence-corrected chi connectivity index (χ1v) is 7.23. The maximum atomic E-state index is 10.7. The summed E-state index contributed by atoms with van der Waals surface area (Å²) in [5, 5.41) is 0. The first kappa shape index (κ1) is 9.69. The lowest BCUT2D eigenvalue weighted by molar-refractivity contribution is -0.140. The molecule has 0 aliphatic rings. The summed E-state index contributed by atoms with van der Waals surface area (Å²) >= 11 is 0. The van der Waals surface area contributed by atoms with Crippen molar-refractivity contribution in [2.24, 2.45) is 0 Å². The van der Waals surface area contributed by atoms with Gasteiger partial charge in [0.15, 0.2) is 0 Å². The molecule has 0 aliphatic carbocycles. The molecule has 0 unspecified atom stereocenters. The maximum absolute atomic E-state index is 10.7. The Kier molecular flexibility index (Phi) is 3.64. The molecule has 0 saturated heterocycles. The van der Waals surface area contributed by atoms with Crippen molar-refractivity contribution in [3.05, 3.63) is 0 Å². The van der Waals surface area contributed by atoms with Crippen LogP contribution in [0.5, 0.6) is 0 Å². The molecule has 0 bridgehead atoms. The van der Waals surface area contributed by atoms with Crippen LogP contribution in [0.1, 0.15) is 6.42 Å². The second kappa shape index (κ2) is 3.76. The fourth-order valence-corrected chi connectivity index (χ4v) is 1.53. The lowest BCUT2D eigenvalue weighted by Crippen LogP contribution is -2.20. The molecule has 0 radical (unpaired) electrons. The van der Waals surface area contributed by atoms with Gasteiger partial charge in [-0.2, -0.15) is 0 Å². The van der Waals surface area contributed by atoms with Gasteiger partial charge in [0.05, 0.1) is 7.11 Å². The van der Waals surface area contributed by atoms with Crippen LogP contribution in [-0.4, -0.2) is 21.2 Å². The lowest BCUT2D eigenvalue weighted by atomic mass is 10.5. The Morgan fingerprint density at radius 1 is 1.40 bits per heavy atom. The molecule has 0 aliphatic heterocycles. The molecule has 0 fully saturated rings. The Balaban J connectivity index is 3.46. The van der Waals surface area contributed by atoms with Crippen LogP contribution in [0.3, 0.4) is 0 Å². The molecule has 0 rings (SSSR count). The molecular weight excluding hydrogens is 144 g/mol. The van der Waals surface area contributed by atoms with Crippen LogP contribution in [-0.2, 0) is 9.53 Å². The number of carbonyl (C=O) groups excluding carboxylic acids is 1. The van der Waals surface area contributed by atoms with Gasteiger partial charge in [0, 0.05) is 14.5 Å². The number of methoxy groups -OCH3 is 1. The summed E-state index contributed by atoms with van der Waals surface area (Å²) in [6.07, 6.45) is 0.590. The predicted octanol–water partition coefficient (Wildman–Crippen LogP) is 1.89. The molecule has 60 valence electrons. The molecular formula is C7H16O2Si. The van der Waals surface area contributed by atoms with Crippen LogP contribution in [0.2, 0.25) is 25.7 Å². The van der Waals surface area contributed by atoms with E-state index in [0.717, 1.165) is 6.04 Å². The summed E-state index contributed by atoms with van der Waals surface area (Å²) < 4.78 is 4.53.